The van der Waals surface area contributed by atoms with Crippen molar-refractivity contribution in [3.63, 3.8) is 0 Å². The van der Waals surface area contributed by atoms with Crippen LogP contribution in [0.5, 0.6) is 0 Å². The van der Waals surface area contributed by atoms with E-state index in [-0.39, 0.29) is 0 Å². The van der Waals surface area contributed by atoms with Crippen LogP contribution in [0.4, 0.5) is 11.7 Å². The number of nitrogens with two attached hydrogens (primary N) is 1. The molecule has 0 radical (unpaired) electrons. The Morgan fingerprint density at radius 3 is 2.94 bits per heavy atom. The summed E-state index contributed by atoms with van der Waals surface area (Å²) in [4.78, 5) is 4.40. The van der Waals surface area contributed by atoms with Crippen LogP contribution in [0.1, 0.15) is 32.1 Å². The summed E-state index contributed by atoms with van der Waals surface area (Å²) in [5.41, 5.74) is 8.03. The number of fused-ring (bicyclic) bond motifs is 1. The van der Waals surface area contributed by atoms with Gasteiger partial charge in [0.15, 0.2) is 5.58 Å². The van der Waals surface area contributed by atoms with E-state index in [4.69, 9.17) is 10.2 Å². The average Bonchev–Trinajstić information content (AvgIpc) is 2.79. The zero-order valence-corrected chi connectivity index (χ0v) is 10.5. The number of hydrogen-bond donors (Lipinski definition) is 2. The molecular weight excluding hydrogens is 226 g/mol. The first-order chi connectivity index (χ1) is 8.81. The second-order valence-corrected chi connectivity index (χ2v) is 5.13. The van der Waals surface area contributed by atoms with Crippen LogP contribution in [0, 0.1) is 5.92 Å². The van der Waals surface area contributed by atoms with Gasteiger partial charge < -0.3 is 15.5 Å². The summed E-state index contributed by atoms with van der Waals surface area (Å²) in [6.07, 6.45) is 6.74. The predicted molar refractivity (Wildman–Crippen MR) is 73.5 cm³/mol. The predicted octanol–water partition coefficient (Wildman–Crippen LogP) is 3.40. The molecule has 3 N–H and O–H groups in total. The Labute approximate surface area is 107 Å². The van der Waals surface area contributed by atoms with Gasteiger partial charge in [0.1, 0.15) is 5.52 Å². The van der Waals surface area contributed by atoms with Gasteiger partial charge in [-0.1, -0.05) is 19.3 Å². The third-order valence-corrected chi connectivity index (χ3v) is 3.68. The molecule has 0 amide bonds. The second-order valence-electron chi connectivity index (χ2n) is 5.13. The zero-order valence-electron chi connectivity index (χ0n) is 10.5. The van der Waals surface area contributed by atoms with Gasteiger partial charge in [-0.05, 0) is 30.9 Å². The molecule has 4 nitrogen and oxygen atoms in total. The lowest BCUT2D eigenvalue weighted by Crippen LogP contribution is -2.17. The van der Waals surface area contributed by atoms with Gasteiger partial charge in [-0.25, -0.2) is 0 Å². The summed E-state index contributed by atoms with van der Waals surface area (Å²) in [7, 11) is 0. The SMILES string of the molecule is Nc1ccc2nc(NCC3CCCCC3)oc2c1. The van der Waals surface area contributed by atoms with Gasteiger partial charge in [0.2, 0.25) is 0 Å². The molecule has 1 aliphatic rings. The summed E-state index contributed by atoms with van der Waals surface area (Å²) in [6.45, 7) is 0.961. The Morgan fingerprint density at radius 1 is 1.28 bits per heavy atom. The molecule has 3 rings (SSSR count). The minimum atomic E-state index is 0.612. The maximum absolute atomic E-state index is 5.72. The van der Waals surface area contributed by atoms with E-state index in [0.717, 1.165) is 23.6 Å². The summed E-state index contributed by atoms with van der Waals surface area (Å²) in [5.74, 6) is 0.763. The fourth-order valence-electron chi connectivity index (χ4n) is 2.64. The molecule has 0 unspecified atom stereocenters. The molecule has 1 aromatic heterocycles. The van der Waals surface area contributed by atoms with Crippen LogP contribution >= 0.6 is 0 Å². The maximum atomic E-state index is 5.72. The van der Waals surface area contributed by atoms with Crippen molar-refractivity contribution in [1.82, 2.24) is 4.98 Å². The second kappa shape index (κ2) is 4.88. The topological polar surface area (TPSA) is 64.1 Å². The summed E-state index contributed by atoms with van der Waals surface area (Å²) < 4.78 is 5.64. The van der Waals surface area contributed by atoms with Crippen molar-refractivity contribution in [2.45, 2.75) is 32.1 Å². The van der Waals surface area contributed by atoms with Gasteiger partial charge in [-0.2, -0.15) is 4.98 Å². The van der Waals surface area contributed by atoms with Crippen LogP contribution in [0.3, 0.4) is 0 Å². The zero-order chi connectivity index (χ0) is 12.4. The maximum Gasteiger partial charge on any atom is 0.295 e. The Kier molecular flexibility index (Phi) is 3.09. The summed E-state index contributed by atoms with van der Waals surface area (Å²) in [5, 5.41) is 3.30. The lowest BCUT2D eigenvalue weighted by atomic mass is 9.89. The quantitative estimate of drug-likeness (QED) is 0.813. The lowest BCUT2D eigenvalue weighted by molar-refractivity contribution is 0.371. The van der Waals surface area contributed by atoms with Crippen LogP contribution in [0.15, 0.2) is 22.6 Å². The fourth-order valence-corrected chi connectivity index (χ4v) is 2.64. The Balaban J connectivity index is 1.67. The van der Waals surface area contributed by atoms with E-state index in [0.29, 0.717) is 11.7 Å². The number of aromatic nitrogens is 1. The van der Waals surface area contributed by atoms with Gasteiger partial charge in [0, 0.05) is 18.3 Å². The molecule has 1 heterocycles. The average molecular weight is 245 g/mol. The number of nitrogens with one attached hydrogen (secondary N) is 1. The van der Waals surface area contributed by atoms with Crippen molar-refractivity contribution in [2.24, 2.45) is 5.92 Å². The molecule has 0 bridgehead atoms. The van der Waals surface area contributed by atoms with E-state index in [1.54, 1.807) is 0 Å². The first-order valence-corrected chi connectivity index (χ1v) is 6.71. The molecule has 1 saturated carbocycles. The van der Waals surface area contributed by atoms with Gasteiger partial charge in [0.25, 0.3) is 6.01 Å². The highest BCUT2D eigenvalue weighted by molar-refractivity contribution is 5.78. The smallest absolute Gasteiger partial charge is 0.295 e. The van der Waals surface area contributed by atoms with Crippen LogP contribution in [-0.2, 0) is 0 Å². The normalized spacial score (nSPS) is 17.1. The van der Waals surface area contributed by atoms with Crippen LogP contribution in [-0.4, -0.2) is 11.5 Å². The number of benzene rings is 1. The first-order valence-electron chi connectivity index (χ1n) is 6.71. The molecule has 1 fully saturated rings. The van der Waals surface area contributed by atoms with E-state index in [1.807, 2.05) is 18.2 Å². The molecule has 0 saturated heterocycles. The number of rotatable bonds is 3. The molecule has 0 spiro atoms. The van der Waals surface area contributed by atoms with E-state index in [1.165, 1.54) is 32.1 Å². The fraction of sp³-hybridized carbons (Fsp3) is 0.500. The van der Waals surface area contributed by atoms with Crippen molar-refractivity contribution >= 4 is 22.8 Å². The van der Waals surface area contributed by atoms with Crippen molar-refractivity contribution in [3.05, 3.63) is 18.2 Å². The highest BCUT2D eigenvalue weighted by Gasteiger charge is 2.14. The van der Waals surface area contributed by atoms with Crippen molar-refractivity contribution in [1.29, 1.82) is 0 Å². The first kappa shape index (κ1) is 11.4. The lowest BCUT2D eigenvalue weighted by Gasteiger charge is -2.21. The minimum absolute atomic E-state index is 0.612. The third kappa shape index (κ3) is 2.42. The van der Waals surface area contributed by atoms with Gasteiger partial charge >= 0.3 is 0 Å². The molecule has 18 heavy (non-hydrogen) atoms. The number of nitrogen functional groups attached to an aromatic ring is 1. The molecule has 1 aromatic carbocycles. The molecule has 0 aliphatic heterocycles. The Hall–Kier alpha value is -1.71. The van der Waals surface area contributed by atoms with Crippen LogP contribution < -0.4 is 11.1 Å². The standard InChI is InChI=1S/C14H19N3O/c15-11-6-7-12-13(8-11)18-14(17-12)16-9-10-4-2-1-3-5-10/h6-8,10H,1-5,9,15H2,(H,16,17). The third-order valence-electron chi connectivity index (χ3n) is 3.68. The van der Waals surface area contributed by atoms with E-state index in [9.17, 15) is 0 Å². The number of anilines is 2. The van der Waals surface area contributed by atoms with Gasteiger partial charge in [-0.15, -0.1) is 0 Å². The molecule has 96 valence electrons. The van der Waals surface area contributed by atoms with Crippen LogP contribution in [0.25, 0.3) is 11.1 Å². The Morgan fingerprint density at radius 2 is 2.11 bits per heavy atom. The van der Waals surface area contributed by atoms with Crippen LogP contribution in [0.2, 0.25) is 0 Å². The van der Waals surface area contributed by atoms with Gasteiger partial charge in [0.05, 0.1) is 0 Å². The summed E-state index contributed by atoms with van der Waals surface area (Å²) in [6, 6.07) is 6.16. The largest absolute Gasteiger partial charge is 0.423 e. The molecule has 2 aromatic rings. The van der Waals surface area contributed by atoms with E-state index in [2.05, 4.69) is 10.3 Å². The highest BCUT2D eigenvalue weighted by Crippen LogP contribution is 2.25. The highest BCUT2D eigenvalue weighted by atomic mass is 16.4. The number of hydrogen-bond acceptors (Lipinski definition) is 4. The monoisotopic (exact) mass is 245 g/mol. The number of oxazole rings is 1. The van der Waals surface area contributed by atoms with Gasteiger partial charge in [-0.3, -0.25) is 0 Å². The van der Waals surface area contributed by atoms with Crippen molar-refractivity contribution < 1.29 is 4.42 Å². The molecular formula is C14H19N3O. The molecule has 1 aliphatic carbocycles. The summed E-state index contributed by atoms with van der Waals surface area (Å²) >= 11 is 0. The van der Waals surface area contributed by atoms with E-state index >= 15 is 0 Å². The van der Waals surface area contributed by atoms with Crippen molar-refractivity contribution in [3.8, 4) is 0 Å². The Bertz CT molecular complexity index is 529. The minimum Gasteiger partial charge on any atom is -0.423 e. The molecule has 0 atom stereocenters. The number of nitrogens with zero attached hydrogens (tertiary/aromatic N) is 1. The van der Waals surface area contributed by atoms with E-state index < -0.39 is 0 Å². The molecule has 4 heteroatoms. The van der Waals surface area contributed by atoms with Crippen molar-refractivity contribution in [2.75, 3.05) is 17.6 Å².